The fourth-order valence-electron chi connectivity index (χ4n) is 2.68. The monoisotopic (exact) mass is 280 g/mol. The van der Waals surface area contributed by atoms with E-state index in [1.54, 1.807) is 0 Å². The van der Waals surface area contributed by atoms with Crippen molar-refractivity contribution in [1.29, 1.82) is 0 Å². The first-order valence-electron chi connectivity index (χ1n) is 7.37. The fraction of sp³-hybridized carbons (Fsp3) is 0.278. The van der Waals surface area contributed by atoms with Crippen molar-refractivity contribution in [1.82, 2.24) is 9.55 Å². The summed E-state index contributed by atoms with van der Waals surface area (Å²) in [4.78, 5) is 4.74. The van der Waals surface area contributed by atoms with Crippen LogP contribution in [-0.4, -0.2) is 9.55 Å². The highest BCUT2D eigenvalue weighted by Gasteiger charge is 2.17. The zero-order valence-corrected chi connectivity index (χ0v) is 12.7. The van der Waals surface area contributed by atoms with Gasteiger partial charge in [-0.15, -0.1) is 0 Å². The summed E-state index contributed by atoms with van der Waals surface area (Å²) < 4.78 is 8.29. The van der Waals surface area contributed by atoms with Crippen molar-refractivity contribution in [2.24, 2.45) is 0 Å². The highest BCUT2D eigenvalue weighted by Crippen LogP contribution is 2.25. The van der Waals surface area contributed by atoms with Crippen LogP contribution in [0, 0.1) is 6.92 Å². The molecule has 0 bridgehead atoms. The third kappa shape index (κ3) is 2.64. The summed E-state index contributed by atoms with van der Waals surface area (Å²) in [6.45, 7) is 7.14. The molecular formula is C18H20N2O. The Bertz CT molecular complexity index is 761. The second kappa shape index (κ2) is 5.60. The van der Waals surface area contributed by atoms with Crippen LogP contribution in [-0.2, 0) is 6.54 Å². The molecule has 0 spiro atoms. The van der Waals surface area contributed by atoms with Gasteiger partial charge >= 0.3 is 0 Å². The minimum absolute atomic E-state index is 0.0841. The molecule has 3 rings (SSSR count). The van der Waals surface area contributed by atoms with Crippen LogP contribution in [0.25, 0.3) is 11.0 Å². The van der Waals surface area contributed by atoms with Gasteiger partial charge < -0.3 is 9.30 Å². The molecule has 0 aliphatic rings. The van der Waals surface area contributed by atoms with Crippen molar-refractivity contribution in [2.75, 3.05) is 0 Å². The average Bonchev–Trinajstić information content (AvgIpc) is 2.86. The molecule has 0 radical (unpaired) electrons. The lowest BCUT2D eigenvalue weighted by Crippen LogP contribution is -2.11. The largest absolute Gasteiger partial charge is 0.483 e. The minimum Gasteiger partial charge on any atom is -0.483 e. The van der Waals surface area contributed by atoms with Gasteiger partial charge in [-0.05, 0) is 50.6 Å². The summed E-state index contributed by atoms with van der Waals surface area (Å²) in [6.07, 6.45) is -0.0841. The van der Waals surface area contributed by atoms with Gasteiger partial charge in [0.25, 0.3) is 0 Å². The van der Waals surface area contributed by atoms with Crippen LogP contribution in [0.2, 0.25) is 0 Å². The van der Waals surface area contributed by atoms with Gasteiger partial charge in [-0.2, -0.15) is 0 Å². The molecule has 0 unspecified atom stereocenters. The maximum absolute atomic E-state index is 6.07. The Kier molecular flexibility index (Phi) is 3.65. The van der Waals surface area contributed by atoms with E-state index in [-0.39, 0.29) is 6.10 Å². The summed E-state index contributed by atoms with van der Waals surface area (Å²) in [7, 11) is 0. The van der Waals surface area contributed by atoms with Gasteiger partial charge in [0.1, 0.15) is 5.75 Å². The Hall–Kier alpha value is -2.29. The van der Waals surface area contributed by atoms with Gasteiger partial charge in [0.2, 0.25) is 0 Å². The summed E-state index contributed by atoms with van der Waals surface area (Å²) in [6, 6.07) is 16.3. The first-order chi connectivity index (χ1) is 10.2. The molecule has 3 heteroatoms. The smallest absolute Gasteiger partial charge is 0.153 e. The van der Waals surface area contributed by atoms with Crippen LogP contribution in [0.4, 0.5) is 0 Å². The molecule has 0 N–H and O–H groups in total. The molecule has 2 aromatic carbocycles. The zero-order valence-electron chi connectivity index (χ0n) is 12.7. The number of aromatic nitrogens is 2. The number of imidazole rings is 1. The summed E-state index contributed by atoms with van der Waals surface area (Å²) >= 11 is 0. The van der Waals surface area contributed by atoms with Gasteiger partial charge in [0.05, 0.1) is 11.0 Å². The highest BCUT2D eigenvalue weighted by molar-refractivity contribution is 5.76. The maximum atomic E-state index is 6.07. The molecule has 0 saturated carbocycles. The summed E-state index contributed by atoms with van der Waals surface area (Å²) in [5.74, 6) is 1.86. The number of benzene rings is 2. The predicted octanol–water partition coefficient (Wildman–Crippen LogP) is 4.50. The number of hydrogen-bond donors (Lipinski definition) is 0. The van der Waals surface area contributed by atoms with E-state index in [0.29, 0.717) is 0 Å². The molecule has 1 atom stereocenters. The molecule has 1 aromatic heterocycles. The standard InChI is InChI=1S/C18H20N2O/c1-4-20-17-11-6-5-10-16(17)19-18(20)14(3)21-15-9-7-8-13(2)12-15/h5-12,14H,4H2,1-3H3/t14-/m1/s1. The number of rotatable bonds is 4. The van der Waals surface area contributed by atoms with Gasteiger partial charge in [0.15, 0.2) is 11.9 Å². The van der Waals surface area contributed by atoms with E-state index in [1.165, 1.54) is 5.56 Å². The van der Waals surface area contributed by atoms with E-state index < -0.39 is 0 Å². The number of hydrogen-bond acceptors (Lipinski definition) is 2. The molecule has 0 aliphatic carbocycles. The summed E-state index contributed by atoms with van der Waals surface area (Å²) in [5.41, 5.74) is 3.38. The van der Waals surface area contributed by atoms with Gasteiger partial charge in [-0.25, -0.2) is 4.98 Å². The first-order valence-corrected chi connectivity index (χ1v) is 7.37. The minimum atomic E-state index is -0.0841. The van der Waals surface area contributed by atoms with Crippen molar-refractivity contribution in [3.63, 3.8) is 0 Å². The Balaban J connectivity index is 1.95. The van der Waals surface area contributed by atoms with Crippen molar-refractivity contribution in [3.8, 4) is 5.75 Å². The number of nitrogens with zero attached hydrogens (tertiary/aromatic N) is 2. The highest BCUT2D eigenvalue weighted by atomic mass is 16.5. The lowest BCUT2D eigenvalue weighted by atomic mass is 10.2. The van der Waals surface area contributed by atoms with Crippen LogP contribution in [0.5, 0.6) is 5.75 Å². The number of aryl methyl sites for hydroxylation is 2. The van der Waals surface area contributed by atoms with Gasteiger partial charge in [0, 0.05) is 6.54 Å². The molecule has 21 heavy (non-hydrogen) atoms. The molecule has 108 valence electrons. The molecule has 3 nitrogen and oxygen atoms in total. The van der Waals surface area contributed by atoms with Crippen LogP contribution in [0.15, 0.2) is 48.5 Å². The first kappa shape index (κ1) is 13.7. The lowest BCUT2D eigenvalue weighted by molar-refractivity contribution is 0.212. The van der Waals surface area contributed by atoms with Crippen LogP contribution in [0.3, 0.4) is 0 Å². The third-order valence-electron chi connectivity index (χ3n) is 3.67. The van der Waals surface area contributed by atoms with Crippen LogP contribution < -0.4 is 4.74 Å². The van der Waals surface area contributed by atoms with E-state index in [1.807, 2.05) is 30.3 Å². The van der Waals surface area contributed by atoms with Gasteiger partial charge in [-0.1, -0.05) is 24.3 Å². The van der Waals surface area contributed by atoms with Crippen LogP contribution >= 0.6 is 0 Å². The Morgan fingerprint density at radius 2 is 1.95 bits per heavy atom. The molecule has 0 aliphatic heterocycles. The fourth-order valence-corrected chi connectivity index (χ4v) is 2.68. The normalized spacial score (nSPS) is 12.5. The second-order valence-electron chi connectivity index (χ2n) is 5.28. The van der Waals surface area contributed by atoms with E-state index in [4.69, 9.17) is 9.72 Å². The number of para-hydroxylation sites is 2. The van der Waals surface area contributed by atoms with Gasteiger partial charge in [-0.3, -0.25) is 0 Å². The average molecular weight is 280 g/mol. The Labute approximate surface area is 125 Å². The molecule has 3 aromatic rings. The predicted molar refractivity (Wildman–Crippen MR) is 85.6 cm³/mol. The SMILES string of the molecule is CCn1c([C@@H](C)Oc2cccc(C)c2)nc2ccccc21. The molecule has 0 amide bonds. The molecule has 1 heterocycles. The van der Waals surface area contributed by atoms with E-state index in [9.17, 15) is 0 Å². The van der Waals surface area contributed by atoms with Crippen molar-refractivity contribution in [2.45, 2.75) is 33.4 Å². The van der Waals surface area contributed by atoms with E-state index in [0.717, 1.165) is 29.2 Å². The maximum Gasteiger partial charge on any atom is 0.153 e. The van der Waals surface area contributed by atoms with Crippen molar-refractivity contribution < 1.29 is 4.74 Å². The molecule has 0 saturated heterocycles. The quantitative estimate of drug-likeness (QED) is 0.703. The van der Waals surface area contributed by atoms with Crippen LogP contribution in [0.1, 0.15) is 31.3 Å². The van der Waals surface area contributed by atoms with E-state index >= 15 is 0 Å². The topological polar surface area (TPSA) is 27.1 Å². The Morgan fingerprint density at radius 1 is 1.14 bits per heavy atom. The number of fused-ring (bicyclic) bond motifs is 1. The third-order valence-corrected chi connectivity index (χ3v) is 3.67. The second-order valence-corrected chi connectivity index (χ2v) is 5.28. The van der Waals surface area contributed by atoms with Crippen molar-refractivity contribution in [3.05, 3.63) is 59.9 Å². The number of ether oxygens (including phenoxy) is 1. The molecule has 0 fully saturated rings. The van der Waals surface area contributed by atoms with E-state index in [2.05, 4.69) is 43.5 Å². The lowest BCUT2D eigenvalue weighted by Gasteiger charge is -2.16. The summed E-state index contributed by atoms with van der Waals surface area (Å²) in [5, 5.41) is 0. The van der Waals surface area contributed by atoms with Crippen molar-refractivity contribution >= 4 is 11.0 Å². The molecular weight excluding hydrogens is 260 g/mol. The zero-order chi connectivity index (χ0) is 14.8. The Morgan fingerprint density at radius 3 is 2.71 bits per heavy atom.